The number of benzene rings is 3. The Kier molecular flexibility index (Phi) is 6.18. The van der Waals surface area contributed by atoms with E-state index >= 15 is 0 Å². The molecule has 1 aliphatic rings. The number of ether oxygens (including phenoxy) is 1. The normalized spacial score (nSPS) is 15.1. The van der Waals surface area contributed by atoms with Gasteiger partial charge in [-0.25, -0.2) is 9.69 Å². The number of hydrogen-bond donors (Lipinski definition) is 1. The number of nitrogens with zero attached hydrogens (tertiary/aromatic N) is 1. The molecule has 0 saturated carbocycles. The van der Waals surface area contributed by atoms with Crippen LogP contribution >= 0.6 is 15.9 Å². The molecule has 1 aliphatic heterocycles. The monoisotopic (exact) mass is 490 g/mol. The minimum atomic E-state index is -0.762. The number of carbonyl (C=O) groups is 3. The quantitative estimate of drug-likeness (QED) is 0.403. The zero-order valence-electron chi connectivity index (χ0n) is 17.2. The molecule has 0 aromatic heterocycles. The van der Waals surface area contributed by atoms with Crippen LogP contribution in [0.4, 0.5) is 10.5 Å². The van der Waals surface area contributed by atoms with Crippen molar-refractivity contribution in [2.45, 2.75) is 13.5 Å². The van der Waals surface area contributed by atoms with E-state index in [1.165, 1.54) is 6.08 Å². The lowest BCUT2D eigenvalue weighted by Crippen LogP contribution is -2.54. The second kappa shape index (κ2) is 9.20. The SMILES string of the molecule is Cc1ccccc1N1C(=O)NC(=O)/C(=C\c2ccc(OCc3ccccc3Br)cc2)C1=O. The van der Waals surface area contributed by atoms with Gasteiger partial charge in [0.2, 0.25) is 0 Å². The molecule has 6 nitrogen and oxygen atoms in total. The lowest BCUT2D eigenvalue weighted by atomic mass is 10.1. The van der Waals surface area contributed by atoms with Crippen molar-refractivity contribution in [3.63, 3.8) is 0 Å². The number of halogens is 1. The number of barbiturate groups is 1. The van der Waals surface area contributed by atoms with Crippen LogP contribution in [0, 0.1) is 6.92 Å². The molecule has 3 aromatic rings. The van der Waals surface area contributed by atoms with Gasteiger partial charge >= 0.3 is 6.03 Å². The molecule has 32 heavy (non-hydrogen) atoms. The van der Waals surface area contributed by atoms with Crippen LogP contribution in [0.25, 0.3) is 6.08 Å². The number of aryl methyl sites for hydroxylation is 1. The molecule has 0 atom stereocenters. The second-order valence-corrected chi connectivity index (χ2v) is 8.05. The topological polar surface area (TPSA) is 75.7 Å². The number of para-hydroxylation sites is 1. The molecule has 1 fully saturated rings. The third kappa shape index (κ3) is 4.48. The molecule has 0 spiro atoms. The Hall–Kier alpha value is -3.71. The molecule has 1 N–H and O–H groups in total. The first-order valence-corrected chi connectivity index (χ1v) is 10.7. The predicted octanol–water partition coefficient (Wildman–Crippen LogP) is 5.00. The summed E-state index contributed by atoms with van der Waals surface area (Å²) < 4.78 is 6.78. The molecule has 0 bridgehead atoms. The van der Waals surface area contributed by atoms with E-state index in [4.69, 9.17) is 4.74 Å². The van der Waals surface area contributed by atoms with E-state index in [2.05, 4.69) is 21.2 Å². The number of imide groups is 2. The molecular formula is C25H19BrN2O4. The van der Waals surface area contributed by atoms with Gasteiger partial charge in [-0.05, 0) is 48.4 Å². The molecule has 4 amide bonds. The summed E-state index contributed by atoms with van der Waals surface area (Å²) in [7, 11) is 0. The van der Waals surface area contributed by atoms with Crippen LogP contribution in [-0.2, 0) is 16.2 Å². The Labute approximate surface area is 193 Å². The van der Waals surface area contributed by atoms with E-state index < -0.39 is 17.8 Å². The van der Waals surface area contributed by atoms with E-state index in [1.807, 2.05) is 30.3 Å². The number of hydrogen-bond acceptors (Lipinski definition) is 4. The molecule has 1 heterocycles. The minimum Gasteiger partial charge on any atom is -0.489 e. The van der Waals surface area contributed by atoms with Gasteiger partial charge in [0.25, 0.3) is 11.8 Å². The fourth-order valence-corrected chi connectivity index (χ4v) is 3.69. The first-order chi connectivity index (χ1) is 15.4. The number of rotatable bonds is 5. The summed E-state index contributed by atoms with van der Waals surface area (Å²) in [5.41, 5.74) is 2.72. The van der Waals surface area contributed by atoms with Gasteiger partial charge in [-0.1, -0.05) is 64.5 Å². The maximum Gasteiger partial charge on any atom is 0.335 e. The van der Waals surface area contributed by atoms with Crippen molar-refractivity contribution in [2.24, 2.45) is 0 Å². The molecule has 1 saturated heterocycles. The zero-order chi connectivity index (χ0) is 22.7. The van der Waals surface area contributed by atoms with E-state index in [1.54, 1.807) is 49.4 Å². The summed E-state index contributed by atoms with van der Waals surface area (Å²) in [5, 5.41) is 2.24. The van der Waals surface area contributed by atoms with Crippen LogP contribution in [0.1, 0.15) is 16.7 Å². The third-order valence-corrected chi connectivity index (χ3v) is 5.77. The van der Waals surface area contributed by atoms with Crippen molar-refractivity contribution in [1.29, 1.82) is 0 Å². The first kappa shape index (κ1) is 21.5. The average Bonchev–Trinajstić information content (AvgIpc) is 2.78. The van der Waals surface area contributed by atoms with Gasteiger partial charge in [0.05, 0.1) is 5.69 Å². The summed E-state index contributed by atoms with van der Waals surface area (Å²) in [5.74, 6) is -0.736. The summed E-state index contributed by atoms with van der Waals surface area (Å²) in [6.07, 6.45) is 1.47. The highest BCUT2D eigenvalue weighted by molar-refractivity contribution is 9.10. The van der Waals surface area contributed by atoms with Crippen molar-refractivity contribution in [1.82, 2.24) is 5.32 Å². The Morgan fingerprint density at radius 3 is 2.34 bits per heavy atom. The fraction of sp³-hybridized carbons (Fsp3) is 0.0800. The Morgan fingerprint density at radius 2 is 1.62 bits per heavy atom. The standard InChI is InChI=1S/C25H19BrN2O4/c1-16-6-2-5-9-22(16)28-24(30)20(23(29)27-25(28)31)14-17-10-12-19(13-11-17)32-15-18-7-3-4-8-21(18)26/h2-14H,15H2,1H3,(H,27,29,31)/b20-14+. The van der Waals surface area contributed by atoms with Crippen molar-refractivity contribution >= 4 is 45.5 Å². The number of amides is 4. The summed E-state index contributed by atoms with van der Waals surface area (Å²) in [6.45, 7) is 2.19. The summed E-state index contributed by atoms with van der Waals surface area (Å²) in [6, 6.07) is 21.1. The van der Waals surface area contributed by atoms with Crippen LogP contribution in [0.15, 0.2) is 82.8 Å². The molecule has 160 valence electrons. The molecule has 0 unspecified atom stereocenters. The predicted molar refractivity (Wildman–Crippen MR) is 125 cm³/mol. The lowest BCUT2D eigenvalue weighted by Gasteiger charge is -2.27. The molecule has 3 aromatic carbocycles. The van der Waals surface area contributed by atoms with Crippen molar-refractivity contribution < 1.29 is 19.1 Å². The van der Waals surface area contributed by atoms with Gasteiger partial charge < -0.3 is 4.74 Å². The van der Waals surface area contributed by atoms with E-state index in [9.17, 15) is 14.4 Å². The molecule has 7 heteroatoms. The lowest BCUT2D eigenvalue weighted by molar-refractivity contribution is -0.122. The van der Waals surface area contributed by atoms with Gasteiger partial charge in [-0.15, -0.1) is 0 Å². The largest absolute Gasteiger partial charge is 0.489 e. The van der Waals surface area contributed by atoms with Crippen molar-refractivity contribution in [3.05, 3.63) is 99.5 Å². The van der Waals surface area contributed by atoms with E-state index in [0.717, 1.165) is 20.5 Å². The highest BCUT2D eigenvalue weighted by atomic mass is 79.9. The average molecular weight is 491 g/mol. The Morgan fingerprint density at radius 1 is 0.938 bits per heavy atom. The highest BCUT2D eigenvalue weighted by Crippen LogP contribution is 2.25. The zero-order valence-corrected chi connectivity index (χ0v) is 18.8. The number of anilines is 1. The van der Waals surface area contributed by atoms with Crippen molar-refractivity contribution in [3.8, 4) is 5.75 Å². The second-order valence-electron chi connectivity index (χ2n) is 7.19. The van der Waals surface area contributed by atoms with E-state index in [0.29, 0.717) is 23.6 Å². The number of carbonyl (C=O) groups excluding carboxylic acids is 3. The van der Waals surface area contributed by atoms with Gasteiger partial charge in [-0.2, -0.15) is 0 Å². The minimum absolute atomic E-state index is 0.116. The highest BCUT2D eigenvalue weighted by Gasteiger charge is 2.37. The molecule has 4 rings (SSSR count). The summed E-state index contributed by atoms with van der Waals surface area (Å²) in [4.78, 5) is 38.7. The first-order valence-electron chi connectivity index (χ1n) is 9.87. The van der Waals surface area contributed by atoms with Gasteiger partial charge in [0.1, 0.15) is 17.9 Å². The van der Waals surface area contributed by atoms with Crippen LogP contribution in [-0.4, -0.2) is 17.8 Å². The maximum atomic E-state index is 13.0. The summed E-state index contributed by atoms with van der Waals surface area (Å²) >= 11 is 3.49. The maximum absolute atomic E-state index is 13.0. The van der Waals surface area contributed by atoms with Gasteiger partial charge in [0.15, 0.2) is 0 Å². The van der Waals surface area contributed by atoms with E-state index in [-0.39, 0.29) is 5.57 Å². The van der Waals surface area contributed by atoms with Gasteiger partial charge in [-0.3, -0.25) is 14.9 Å². The Balaban J connectivity index is 1.54. The van der Waals surface area contributed by atoms with Crippen LogP contribution in [0.3, 0.4) is 0 Å². The van der Waals surface area contributed by atoms with Crippen LogP contribution in [0.5, 0.6) is 5.75 Å². The number of nitrogens with one attached hydrogen (secondary N) is 1. The van der Waals surface area contributed by atoms with Crippen LogP contribution < -0.4 is 15.0 Å². The van der Waals surface area contributed by atoms with Crippen molar-refractivity contribution in [2.75, 3.05) is 4.90 Å². The number of urea groups is 1. The third-order valence-electron chi connectivity index (χ3n) is 5.00. The Bertz CT molecular complexity index is 1230. The molecular weight excluding hydrogens is 472 g/mol. The molecule has 0 radical (unpaired) electrons. The molecule has 0 aliphatic carbocycles. The van der Waals surface area contributed by atoms with Crippen LogP contribution in [0.2, 0.25) is 0 Å². The smallest absolute Gasteiger partial charge is 0.335 e. The van der Waals surface area contributed by atoms with Gasteiger partial charge in [0, 0.05) is 10.0 Å². The fourth-order valence-electron chi connectivity index (χ4n) is 3.29.